The van der Waals surface area contributed by atoms with Crippen molar-refractivity contribution in [3.8, 4) is 0 Å². The van der Waals surface area contributed by atoms with Crippen LogP contribution in [-0.2, 0) is 4.79 Å². The maximum absolute atomic E-state index is 12.2. The number of hydrogen-bond acceptors (Lipinski definition) is 2. The fraction of sp³-hybridized carbons (Fsp3) is 0.588. The molecule has 0 bridgehead atoms. The van der Waals surface area contributed by atoms with E-state index >= 15 is 0 Å². The van der Waals surface area contributed by atoms with E-state index in [2.05, 4.69) is 35.6 Å². The molecule has 0 aromatic heterocycles. The van der Waals surface area contributed by atoms with Gasteiger partial charge in [0.15, 0.2) is 0 Å². The maximum Gasteiger partial charge on any atom is 0.137 e. The number of Topliss-reactive ketones (excluding diaryl/α,β-unsaturated/α-hetero) is 1. The molecule has 1 saturated carbocycles. The molecular weight excluding hydrogens is 234 g/mol. The summed E-state index contributed by atoms with van der Waals surface area (Å²) in [6.07, 6.45) is 6.56. The Labute approximate surface area is 115 Å². The molecule has 0 amide bonds. The van der Waals surface area contributed by atoms with Gasteiger partial charge < -0.3 is 5.32 Å². The lowest BCUT2D eigenvalue weighted by atomic mass is 9.73. The van der Waals surface area contributed by atoms with Gasteiger partial charge in [0, 0.05) is 18.4 Å². The van der Waals surface area contributed by atoms with Gasteiger partial charge in [0.1, 0.15) is 5.78 Å². The third-order valence-electron chi connectivity index (χ3n) is 4.80. The van der Waals surface area contributed by atoms with E-state index < -0.39 is 0 Å². The molecule has 1 aliphatic carbocycles. The highest BCUT2D eigenvalue weighted by Gasteiger charge is 2.35. The summed E-state index contributed by atoms with van der Waals surface area (Å²) in [5.41, 5.74) is 1.41. The molecule has 2 aliphatic rings. The Hall–Kier alpha value is -1.15. The van der Waals surface area contributed by atoms with E-state index in [1.54, 1.807) is 0 Å². The average Bonchev–Trinajstić information content (AvgIpc) is 2.49. The highest BCUT2D eigenvalue weighted by Crippen LogP contribution is 2.37. The van der Waals surface area contributed by atoms with E-state index in [1.165, 1.54) is 24.8 Å². The number of benzene rings is 1. The number of nitrogens with one attached hydrogen (secondary N) is 1. The van der Waals surface area contributed by atoms with Gasteiger partial charge in [-0.15, -0.1) is 0 Å². The van der Waals surface area contributed by atoms with Crippen molar-refractivity contribution in [3.63, 3.8) is 0 Å². The van der Waals surface area contributed by atoms with Crippen LogP contribution in [0.15, 0.2) is 30.3 Å². The summed E-state index contributed by atoms with van der Waals surface area (Å²) in [5.74, 6) is 1.32. The molecule has 0 radical (unpaired) electrons. The smallest absolute Gasteiger partial charge is 0.137 e. The Morgan fingerprint density at radius 2 is 1.89 bits per heavy atom. The van der Waals surface area contributed by atoms with Crippen LogP contribution in [0.4, 0.5) is 0 Å². The molecule has 1 saturated heterocycles. The van der Waals surface area contributed by atoms with E-state index in [-0.39, 0.29) is 5.92 Å². The Morgan fingerprint density at radius 1 is 1.05 bits per heavy atom. The first-order chi connectivity index (χ1) is 9.34. The number of carbonyl (C=O) groups excluding carboxylic acids is 1. The van der Waals surface area contributed by atoms with Crippen LogP contribution in [0, 0.1) is 5.92 Å². The normalized spacial score (nSPS) is 32.2. The van der Waals surface area contributed by atoms with Gasteiger partial charge in [-0.2, -0.15) is 0 Å². The van der Waals surface area contributed by atoms with Crippen molar-refractivity contribution in [2.75, 3.05) is 6.54 Å². The first-order valence-corrected chi connectivity index (χ1v) is 7.65. The van der Waals surface area contributed by atoms with Gasteiger partial charge in [-0.1, -0.05) is 36.8 Å². The lowest BCUT2D eigenvalue weighted by Crippen LogP contribution is -2.45. The predicted octanol–water partition coefficient (Wildman–Crippen LogP) is 3.28. The summed E-state index contributed by atoms with van der Waals surface area (Å²) >= 11 is 0. The number of rotatable bonds is 2. The van der Waals surface area contributed by atoms with Gasteiger partial charge in [-0.25, -0.2) is 0 Å². The third-order valence-corrected chi connectivity index (χ3v) is 4.80. The molecule has 3 rings (SSSR count). The number of piperidine rings is 1. The standard InChI is InChI=1S/C17H23NO/c19-17-10-9-14(13-6-2-1-3-7-13)12-15(17)16-8-4-5-11-18-16/h1-3,6-7,14-16,18H,4-5,8-12H2. The molecule has 19 heavy (non-hydrogen) atoms. The predicted molar refractivity (Wildman–Crippen MR) is 77.2 cm³/mol. The van der Waals surface area contributed by atoms with E-state index in [9.17, 15) is 4.79 Å². The maximum atomic E-state index is 12.2. The molecule has 1 aliphatic heterocycles. The van der Waals surface area contributed by atoms with Gasteiger partial charge in [-0.05, 0) is 43.7 Å². The van der Waals surface area contributed by atoms with Crippen molar-refractivity contribution in [2.45, 2.75) is 50.5 Å². The zero-order chi connectivity index (χ0) is 13.1. The van der Waals surface area contributed by atoms with Gasteiger partial charge in [0.05, 0.1) is 0 Å². The Balaban J connectivity index is 1.71. The lowest BCUT2D eigenvalue weighted by Gasteiger charge is -2.36. The summed E-state index contributed by atoms with van der Waals surface area (Å²) < 4.78 is 0. The summed E-state index contributed by atoms with van der Waals surface area (Å²) in [7, 11) is 0. The van der Waals surface area contributed by atoms with Crippen molar-refractivity contribution in [2.24, 2.45) is 5.92 Å². The Morgan fingerprint density at radius 3 is 2.63 bits per heavy atom. The SMILES string of the molecule is O=C1CCC(c2ccccc2)CC1C1CCCCN1. The Bertz CT molecular complexity index is 422. The highest BCUT2D eigenvalue weighted by molar-refractivity contribution is 5.82. The number of hydrogen-bond donors (Lipinski definition) is 1. The van der Waals surface area contributed by atoms with Gasteiger partial charge in [0.25, 0.3) is 0 Å². The molecule has 102 valence electrons. The van der Waals surface area contributed by atoms with Crippen molar-refractivity contribution in [1.82, 2.24) is 5.32 Å². The molecule has 1 aromatic rings. The molecule has 3 atom stereocenters. The van der Waals surface area contributed by atoms with Crippen LogP contribution in [0.3, 0.4) is 0 Å². The fourth-order valence-corrected chi connectivity index (χ4v) is 3.70. The van der Waals surface area contributed by atoms with Crippen molar-refractivity contribution in [1.29, 1.82) is 0 Å². The van der Waals surface area contributed by atoms with Crippen LogP contribution in [0.2, 0.25) is 0 Å². The second-order valence-electron chi connectivity index (χ2n) is 6.01. The summed E-state index contributed by atoms with van der Waals surface area (Å²) in [5, 5.41) is 3.57. The van der Waals surface area contributed by atoms with Crippen LogP contribution in [-0.4, -0.2) is 18.4 Å². The quantitative estimate of drug-likeness (QED) is 0.881. The molecular formula is C17H23NO. The van der Waals surface area contributed by atoms with E-state index in [1.807, 2.05) is 0 Å². The summed E-state index contributed by atoms with van der Waals surface area (Å²) in [6.45, 7) is 1.09. The van der Waals surface area contributed by atoms with E-state index in [4.69, 9.17) is 0 Å². The average molecular weight is 257 g/mol. The summed E-state index contributed by atoms with van der Waals surface area (Å²) in [6, 6.07) is 11.2. The lowest BCUT2D eigenvalue weighted by molar-refractivity contribution is -0.126. The van der Waals surface area contributed by atoms with Crippen LogP contribution < -0.4 is 5.32 Å². The largest absolute Gasteiger partial charge is 0.313 e. The van der Waals surface area contributed by atoms with E-state index in [0.717, 1.165) is 25.8 Å². The molecule has 0 spiro atoms. The zero-order valence-corrected chi connectivity index (χ0v) is 11.5. The monoisotopic (exact) mass is 257 g/mol. The minimum absolute atomic E-state index is 0.249. The van der Waals surface area contributed by atoms with Crippen molar-refractivity contribution < 1.29 is 4.79 Å². The van der Waals surface area contributed by atoms with E-state index in [0.29, 0.717) is 17.7 Å². The second-order valence-corrected chi connectivity index (χ2v) is 6.01. The number of carbonyl (C=O) groups is 1. The second kappa shape index (κ2) is 5.87. The van der Waals surface area contributed by atoms with Crippen LogP contribution in [0.1, 0.15) is 50.0 Å². The zero-order valence-electron chi connectivity index (χ0n) is 11.5. The van der Waals surface area contributed by atoms with Crippen LogP contribution in [0.5, 0.6) is 0 Å². The molecule has 3 unspecified atom stereocenters. The van der Waals surface area contributed by atoms with Crippen LogP contribution >= 0.6 is 0 Å². The summed E-state index contributed by atoms with van der Waals surface area (Å²) in [4.78, 5) is 12.2. The van der Waals surface area contributed by atoms with Crippen LogP contribution in [0.25, 0.3) is 0 Å². The Kier molecular flexibility index (Phi) is 3.97. The van der Waals surface area contributed by atoms with Crippen molar-refractivity contribution >= 4 is 5.78 Å². The number of ketones is 1. The van der Waals surface area contributed by atoms with Gasteiger partial charge >= 0.3 is 0 Å². The van der Waals surface area contributed by atoms with Crippen molar-refractivity contribution in [3.05, 3.63) is 35.9 Å². The highest BCUT2D eigenvalue weighted by atomic mass is 16.1. The molecule has 1 heterocycles. The van der Waals surface area contributed by atoms with Gasteiger partial charge in [-0.3, -0.25) is 4.79 Å². The molecule has 1 N–H and O–H groups in total. The third kappa shape index (κ3) is 2.89. The minimum atomic E-state index is 0.249. The molecule has 2 fully saturated rings. The molecule has 1 aromatic carbocycles. The van der Waals surface area contributed by atoms with Gasteiger partial charge in [0.2, 0.25) is 0 Å². The molecule has 2 nitrogen and oxygen atoms in total. The first kappa shape index (κ1) is 12.9. The fourth-order valence-electron chi connectivity index (χ4n) is 3.70. The molecule has 2 heteroatoms. The minimum Gasteiger partial charge on any atom is -0.313 e. The first-order valence-electron chi connectivity index (χ1n) is 7.65. The topological polar surface area (TPSA) is 29.1 Å².